The third-order valence-corrected chi connectivity index (χ3v) is 9.37. The van der Waals surface area contributed by atoms with E-state index in [2.05, 4.69) is 48.5 Å². The Morgan fingerprint density at radius 2 is 0.903 bits per heavy atom. The van der Waals surface area contributed by atoms with Crippen molar-refractivity contribution < 1.29 is 20.4 Å². The van der Waals surface area contributed by atoms with Crippen molar-refractivity contribution in [3.63, 3.8) is 0 Å². The van der Waals surface area contributed by atoms with Gasteiger partial charge in [-0.05, 0) is 48.5 Å². The molecule has 0 spiro atoms. The first-order valence-corrected chi connectivity index (χ1v) is 15.1. The molecule has 2 aromatic carbocycles. The van der Waals surface area contributed by atoms with Crippen molar-refractivity contribution in [3.8, 4) is 0 Å². The van der Waals surface area contributed by atoms with Gasteiger partial charge < -0.3 is 20.4 Å². The number of thioether (sulfide) groups is 4. The largest absolute Gasteiger partial charge is 0.396 e. The summed E-state index contributed by atoms with van der Waals surface area (Å²) in [6, 6.07) is 16.7. The van der Waals surface area contributed by atoms with Crippen LogP contribution in [0, 0.1) is 0 Å². The van der Waals surface area contributed by atoms with Crippen LogP contribution in [-0.4, -0.2) is 80.4 Å². The Labute approximate surface area is 206 Å². The van der Waals surface area contributed by atoms with Gasteiger partial charge in [0.2, 0.25) is 0 Å². The fraction of sp³-hybridized carbons (Fsp3) is 0.455. The van der Waals surface area contributed by atoms with Crippen LogP contribution in [0.4, 0.5) is 0 Å². The summed E-state index contributed by atoms with van der Waals surface area (Å²) in [5.41, 5.74) is 0. The zero-order valence-corrected chi connectivity index (χ0v) is 21.3. The first-order chi connectivity index (χ1) is 15.1. The molecule has 0 aliphatic heterocycles. The van der Waals surface area contributed by atoms with Crippen molar-refractivity contribution in [2.45, 2.75) is 31.8 Å². The maximum Gasteiger partial charge on any atom is 0.0724 e. The molecule has 0 saturated carbocycles. The molecule has 0 aliphatic rings. The van der Waals surface area contributed by atoms with E-state index in [0.29, 0.717) is 34.5 Å². The van der Waals surface area contributed by atoms with E-state index >= 15 is 0 Å². The molecule has 0 aliphatic carbocycles. The van der Waals surface area contributed by atoms with Crippen LogP contribution >= 0.6 is 58.8 Å². The van der Waals surface area contributed by atoms with Crippen LogP contribution < -0.4 is 0 Å². The Morgan fingerprint density at radius 1 is 0.548 bits per heavy atom. The molecule has 0 radical (unpaired) electrons. The lowest BCUT2D eigenvalue weighted by molar-refractivity contribution is 0.224. The second-order valence-corrected chi connectivity index (χ2v) is 12.2. The Balaban J connectivity index is 1.72. The van der Waals surface area contributed by atoms with Crippen molar-refractivity contribution >= 4 is 58.8 Å². The van der Waals surface area contributed by atoms with Gasteiger partial charge in [0.05, 0.1) is 25.4 Å². The van der Waals surface area contributed by atoms with Crippen LogP contribution in [0.5, 0.6) is 0 Å². The van der Waals surface area contributed by atoms with Gasteiger partial charge in [-0.25, -0.2) is 0 Å². The first kappa shape index (κ1) is 27.3. The highest BCUT2D eigenvalue weighted by atomic mass is 32.2. The second kappa shape index (κ2) is 16.6. The van der Waals surface area contributed by atoms with Crippen molar-refractivity contribution in [3.05, 3.63) is 48.5 Å². The van der Waals surface area contributed by atoms with E-state index in [9.17, 15) is 10.2 Å². The predicted molar refractivity (Wildman–Crippen MR) is 139 cm³/mol. The summed E-state index contributed by atoms with van der Waals surface area (Å²) < 4.78 is 0. The summed E-state index contributed by atoms with van der Waals surface area (Å²) in [5.74, 6) is 3.94. The number of benzene rings is 2. The molecular formula is C22H30O4S5. The van der Waals surface area contributed by atoms with E-state index in [1.807, 2.05) is 0 Å². The summed E-state index contributed by atoms with van der Waals surface area (Å²) in [6.07, 6.45) is -0.736. The van der Waals surface area contributed by atoms with Crippen molar-refractivity contribution in [1.29, 1.82) is 0 Å². The number of aliphatic hydroxyl groups is 4. The summed E-state index contributed by atoms with van der Waals surface area (Å²) in [7, 11) is 0. The van der Waals surface area contributed by atoms with Gasteiger partial charge in [-0.15, -0.1) is 23.5 Å². The minimum absolute atomic E-state index is 0.152. The zero-order chi connectivity index (χ0) is 22.3. The molecule has 0 aromatic heterocycles. The fourth-order valence-electron chi connectivity index (χ4n) is 2.39. The van der Waals surface area contributed by atoms with Gasteiger partial charge >= 0.3 is 0 Å². The van der Waals surface area contributed by atoms with E-state index < -0.39 is 0 Å². The van der Waals surface area contributed by atoms with Crippen molar-refractivity contribution in [1.82, 2.24) is 0 Å². The van der Waals surface area contributed by atoms with Crippen LogP contribution in [0.15, 0.2) is 68.1 Å². The lowest BCUT2D eigenvalue weighted by Crippen LogP contribution is -2.13. The van der Waals surface area contributed by atoms with Crippen LogP contribution in [-0.2, 0) is 0 Å². The molecule has 4 nitrogen and oxygen atoms in total. The summed E-state index contributed by atoms with van der Waals surface area (Å²) in [6.45, 7) is 0.305. The molecule has 9 heteroatoms. The highest BCUT2D eigenvalue weighted by Gasteiger charge is 2.07. The third kappa shape index (κ3) is 12.2. The maximum absolute atomic E-state index is 9.97. The topological polar surface area (TPSA) is 80.9 Å². The molecule has 0 fully saturated rings. The van der Waals surface area contributed by atoms with Crippen molar-refractivity contribution in [2.75, 3.05) is 47.7 Å². The lowest BCUT2D eigenvalue weighted by Gasteiger charge is -2.10. The maximum atomic E-state index is 9.97. The average molecular weight is 519 g/mol. The van der Waals surface area contributed by atoms with E-state index in [4.69, 9.17) is 10.2 Å². The molecule has 0 bridgehead atoms. The van der Waals surface area contributed by atoms with Crippen molar-refractivity contribution in [2.24, 2.45) is 0 Å². The Morgan fingerprint density at radius 3 is 1.26 bits per heavy atom. The van der Waals surface area contributed by atoms with Gasteiger partial charge in [0.15, 0.2) is 0 Å². The molecule has 2 rings (SSSR count). The van der Waals surface area contributed by atoms with Crippen LogP contribution in [0.1, 0.15) is 0 Å². The molecule has 172 valence electrons. The normalized spacial score (nSPS) is 13.3. The van der Waals surface area contributed by atoms with Crippen LogP contribution in [0.2, 0.25) is 0 Å². The molecule has 2 unspecified atom stereocenters. The van der Waals surface area contributed by atoms with E-state index in [0.717, 1.165) is 9.79 Å². The van der Waals surface area contributed by atoms with Gasteiger partial charge in [0.25, 0.3) is 0 Å². The zero-order valence-electron chi connectivity index (χ0n) is 17.3. The lowest BCUT2D eigenvalue weighted by atomic mass is 10.4. The molecule has 0 amide bonds. The molecule has 0 heterocycles. The summed E-state index contributed by atoms with van der Waals surface area (Å²) >= 11 is 8.14. The Hall–Kier alpha value is 0.0300. The standard InChI is InChI=1S/C22H30O4S5/c23-9-11-27-13-17(25)15-29-19-1-5-21(6-2-19)31-22-7-3-20(4-8-22)30-16-18(26)14-28-12-10-24/h1-8,17-18,23-26H,9-16H2. The number of hydrogen-bond donors (Lipinski definition) is 4. The SMILES string of the molecule is OCCSCC(O)CSc1ccc(Sc2ccc(SCC(O)CSCCO)cc2)cc1. The first-order valence-electron chi connectivity index (χ1n) is 9.97. The van der Waals surface area contributed by atoms with Crippen LogP contribution in [0.3, 0.4) is 0 Å². The molecule has 2 atom stereocenters. The number of rotatable bonds is 16. The molecule has 2 aromatic rings. The van der Waals surface area contributed by atoms with E-state index in [1.54, 1.807) is 58.8 Å². The highest BCUT2D eigenvalue weighted by Crippen LogP contribution is 2.31. The summed E-state index contributed by atoms with van der Waals surface area (Å²) in [4.78, 5) is 4.61. The minimum Gasteiger partial charge on any atom is -0.396 e. The molecule has 31 heavy (non-hydrogen) atoms. The predicted octanol–water partition coefficient (Wildman–Crippen LogP) is 4.19. The fourth-order valence-corrected chi connectivity index (χ4v) is 6.54. The second-order valence-electron chi connectivity index (χ2n) is 6.57. The quantitative estimate of drug-likeness (QED) is 0.193. The third-order valence-electron chi connectivity index (χ3n) is 3.86. The number of aliphatic hydroxyl groups excluding tert-OH is 4. The number of hydrogen-bond acceptors (Lipinski definition) is 9. The molecule has 4 N–H and O–H groups in total. The van der Waals surface area contributed by atoms with Crippen LogP contribution in [0.25, 0.3) is 0 Å². The molecule has 0 saturated heterocycles. The van der Waals surface area contributed by atoms with Gasteiger partial charge in [-0.1, -0.05) is 11.8 Å². The van der Waals surface area contributed by atoms with Gasteiger partial charge in [0.1, 0.15) is 0 Å². The monoisotopic (exact) mass is 518 g/mol. The van der Waals surface area contributed by atoms with Gasteiger partial charge in [0, 0.05) is 54.1 Å². The molecular weight excluding hydrogens is 489 g/mol. The smallest absolute Gasteiger partial charge is 0.0724 e. The van der Waals surface area contributed by atoms with E-state index in [-0.39, 0.29) is 25.4 Å². The Kier molecular flexibility index (Phi) is 14.6. The van der Waals surface area contributed by atoms with Gasteiger partial charge in [-0.3, -0.25) is 0 Å². The van der Waals surface area contributed by atoms with E-state index in [1.165, 1.54) is 9.79 Å². The summed E-state index contributed by atoms with van der Waals surface area (Å²) in [5, 5.41) is 37.5. The highest BCUT2D eigenvalue weighted by molar-refractivity contribution is 8.01. The average Bonchev–Trinajstić information content (AvgIpc) is 2.78. The van der Waals surface area contributed by atoms with Gasteiger partial charge in [-0.2, -0.15) is 23.5 Å². The minimum atomic E-state index is -0.368. The Bertz CT molecular complexity index is 653.